The van der Waals surface area contributed by atoms with Gasteiger partial charge in [0.1, 0.15) is 0 Å². The minimum absolute atomic E-state index is 0.0567. The fourth-order valence-electron chi connectivity index (χ4n) is 1.80. The molecule has 0 amide bonds. The monoisotopic (exact) mass is 206 g/mol. The number of H-pyrrole nitrogens is 2. The van der Waals surface area contributed by atoms with Gasteiger partial charge < -0.3 is 4.98 Å². The van der Waals surface area contributed by atoms with Gasteiger partial charge in [-0.05, 0) is 13.3 Å². The van der Waals surface area contributed by atoms with Gasteiger partial charge in [0.25, 0.3) is 0 Å². The molecule has 2 N–H and O–H groups in total. The Balaban J connectivity index is 2.44. The first-order valence-electron chi connectivity index (χ1n) is 4.98. The third-order valence-corrected chi connectivity index (χ3v) is 2.50. The Morgan fingerprint density at radius 1 is 1.60 bits per heavy atom. The number of rotatable bonds is 3. The summed E-state index contributed by atoms with van der Waals surface area (Å²) in [6.45, 7) is 3.92. The van der Waals surface area contributed by atoms with Crippen molar-refractivity contribution in [1.29, 1.82) is 0 Å². The molecule has 0 aliphatic heterocycles. The van der Waals surface area contributed by atoms with Crippen LogP contribution in [0.2, 0.25) is 0 Å². The highest BCUT2D eigenvalue weighted by molar-refractivity contribution is 5.12. The topological polar surface area (TPSA) is 66.5 Å². The number of hydrogen-bond acceptors (Lipinski definition) is 2. The molecule has 0 bridgehead atoms. The van der Waals surface area contributed by atoms with Crippen molar-refractivity contribution in [3.05, 3.63) is 40.3 Å². The van der Waals surface area contributed by atoms with Crippen LogP contribution >= 0.6 is 0 Å². The minimum Gasteiger partial charge on any atom is -0.310 e. The van der Waals surface area contributed by atoms with Crippen LogP contribution in [0, 0.1) is 6.92 Å². The lowest BCUT2D eigenvalue weighted by Crippen LogP contribution is -2.21. The van der Waals surface area contributed by atoms with Crippen molar-refractivity contribution >= 4 is 0 Å². The molecule has 0 aromatic carbocycles. The van der Waals surface area contributed by atoms with Gasteiger partial charge in [0.15, 0.2) is 0 Å². The molecule has 15 heavy (non-hydrogen) atoms. The summed E-state index contributed by atoms with van der Waals surface area (Å²) >= 11 is 0. The molecule has 1 unspecified atom stereocenters. The quantitative estimate of drug-likeness (QED) is 0.792. The molecule has 5 nitrogen and oxygen atoms in total. The first-order chi connectivity index (χ1) is 7.22. The van der Waals surface area contributed by atoms with Crippen molar-refractivity contribution in [2.45, 2.75) is 26.3 Å². The molecule has 0 fully saturated rings. The predicted octanol–water partition coefficient (Wildman–Crippen LogP) is 1.21. The van der Waals surface area contributed by atoms with Crippen LogP contribution < -0.4 is 5.69 Å². The third-order valence-electron chi connectivity index (χ3n) is 2.50. The highest BCUT2D eigenvalue weighted by Gasteiger charge is 2.14. The molecule has 2 heterocycles. The highest BCUT2D eigenvalue weighted by Crippen LogP contribution is 2.18. The van der Waals surface area contributed by atoms with E-state index in [1.54, 1.807) is 10.8 Å². The van der Waals surface area contributed by atoms with Crippen LogP contribution in [0.25, 0.3) is 0 Å². The SMILES string of the molecule is CCC(c1cn[nH]c1)n1cc(C)[nH]c1=O. The van der Waals surface area contributed by atoms with E-state index in [0.29, 0.717) is 0 Å². The lowest BCUT2D eigenvalue weighted by atomic mass is 10.1. The molecule has 0 saturated heterocycles. The number of aromatic nitrogens is 4. The summed E-state index contributed by atoms with van der Waals surface area (Å²) in [7, 11) is 0. The Kier molecular flexibility index (Phi) is 2.45. The number of aryl methyl sites for hydroxylation is 1. The Hall–Kier alpha value is -1.78. The Morgan fingerprint density at radius 3 is 2.87 bits per heavy atom. The first-order valence-corrected chi connectivity index (χ1v) is 4.98. The van der Waals surface area contributed by atoms with Gasteiger partial charge in [-0.25, -0.2) is 4.79 Å². The number of imidazole rings is 1. The lowest BCUT2D eigenvalue weighted by molar-refractivity contribution is 0.550. The molecule has 2 rings (SSSR count). The van der Waals surface area contributed by atoms with E-state index in [4.69, 9.17) is 0 Å². The molecule has 0 aliphatic rings. The zero-order chi connectivity index (χ0) is 10.8. The second-order valence-electron chi connectivity index (χ2n) is 3.61. The normalized spacial score (nSPS) is 12.9. The van der Waals surface area contributed by atoms with Crippen LogP contribution in [-0.4, -0.2) is 19.7 Å². The van der Waals surface area contributed by atoms with E-state index in [0.717, 1.165) is 17.7 Å². The largest absolute Gasteiger partial charge is 0.326 e. The lowest BCUT2D eigenvalue weighted by Gasteiger charge is -2.13. The third kappa shape index (κ3) is 1.72. The maximum Gasteiger partial charge on any atom is 0.326 e. The van der Waals surface area contributed by atoms with Crippen LogP contribution in [0.5, 0.6) is 0 Å². The van der Waals surface area contributed by atoms with Gasteiger partial charge in [-0.2, -0.15) is 5.10 Å². The molecular formula is C10H14N4O. The van der Waals surface area contributed by atoms with Crippen LogP contribution in [0.3, 0.4) is 0 Å². The Morgan fingerprint density at radius 2 is 2.40 bits per heavy atom. The summed E-state index contributed by atoms with van der Waals surface area (Å²) in [6, 6.07) is 0.0567. The summed E-state index contributed by atoms with van der Waals surface area (Å²) < 4.78 is 1.71. The van der Waals surface area contributed by atoms with Crippen molar-refractivity contribution in [2.75, 3.05) is 0 Å². The molecular weight excluding hydrogens is 192 g/mol. The highest BCUT2D eigenvalue weighted by atomic mass is 16.1. The summed E-state index contributed by atoms with van der Waals surface area (Å²) in [6.07, 6.45) is 6.27. The van der Waals surface area contributed by atoms with E-state index < -0.39 is 0 Å². The van der Waals surface area contributed by atoms with E-state index in [9.17, 15) is 4.79 Å². The van der Waals surface area contributed by atoms with Gasteiger partial charge >= 0.3 is 5.69 Å². The van der Waals surface area contributed by atoms with Gasteiger partial charge in [0.2, 0.25) is 0 Å². The van der Waals surface area contributed by atoms with E-state index in [2.05, 4.69) is 15.2 Å². The van der Waals surface area contributed by atoms with Crippen LogP contribution in [0.1, 0.15) is 30.6 Å². The smallest absolute Gasteiger partial charge is 0.310 e. The molecule has 5 heteroatoms. The molecule has 2 aromatic rings. The average Bonchev–Trinajstić information content (AvgIpc) is 2.79. The maximum absolute atomic E-state index is 11.6. The van der Waals surface area contributed by atoms with Crippen LogP contribution in [0.4, 0.5) is 0 Å². The van der Waals surface area contributed by atoms with Gasteiger partial charge in [-0.3, -0.25) is 9.67 Å². The van der Waals surface area contributed by atoms with Gasteiger partial charge in [-0.15, -0.1) is 0 Å². The van der Waals surface area contributed by atoms with Gasteiger partial charge in [0, 0.05) is 23.7 Å². The van der Waals surface area contributed by atoms with Gasteiger partial charge in [-0.1, -0.05) is 6.92 Å². The van der Waals surface area contributed by atoms with E-state index >= 15 is 0 Å². The van der Waals surface area contributed by atoms with Crippen LogP contribution in [-0.2, 0) is 0 Å². The predicted molar refractivity (Wildman–Crippen MR) is 56.8 cm³/mol. The van der Waals surface area contributed by atoms with Crippen molar-refractivity contribution in [2.24, 2.45) is 0 Å². The summed E-state index contributed by atoms with van der Waals surface area (Å²) in [5.74, 6) is 0. The Bertz CT molecular complexity index is 480. The van der Waals surface area contributed by atoms with Crippen molar-refractivity contribution in [1.82, 2.24) is 19.7 Å². The van der Waals surface area contributed by atoms with E-state index in [1.165, 1.54) is 0 Å². The number of nitrogens with zero attached hydrogens (tertiary/aromatic N) is 2. The second-order valence-corrected chi connectivity index (χ2v) is 3.61. The molecule has 80 valence electrons. The fourth-order valence-corrected chi connectivity index (χ4v) is 1.80. The zero-order valence-electron chi connectivity index (χ0n) is 8.82. The molecule has 2 aromatic heterocycles. The Labute approximate surface area is 87.1 Å². The fraction of sp³-hybridized carbons (Fsp3) is 0.400. The van der Waals surface area contributed by atoms with Crippen molar-refractivity contribution in [3.63, 3.8) is 0 Å². The number of aromatic amines is 2. The molecule has 0 spiro atoms. The minimum atomic E-state index is -0.0689. The van der Waals surface area contributed by atoms with E-state index in [-0.39, 0.29) is 11.7 Å². The van der Waals surface area contributed by atoms with Crippen LogP contribution in [0.15, 0.2) is 23.4 Å². The van der Waals surface area contributed by atoms with Gasteiger partial charge in [0.05, 0.1) is 12.2 Å². The first kappa shape index (κ1) is 9.76. The summed E-state index contributed by atoms with van der Waals surface area (Å²) in [5, 5.41) is 6.67. The molecule has 0 saturated carbocycles. The van der Waals surface area contributed by atoms with Crippen molar-refractivity contribution in [3.8, 4) is 0 Å². The summed E-state index contributed by atoms with van der Waals surface area (Å²) in [5.41, 5.74) is 1.83. The zero-order valence-corrected chi connectivity index (χ0v) is 8.82. The molecule has 0 aliphatic carbocycles. The number of nitrogens with one attached hydrogen (secondary N) is 2. The van der Waals surface area contributed by atoms with E-state index in [1.807, 2.05) is 26.2 Å². The number of hydrogen-bond donors (Lipinski definition) is 2. The standard InChI is InChI=1S/C10H14N4O/c1-3-9(8-4-11-12-5-8)14-6-7(2)13-10(14)15/h4-6,9H,3H2,1-2H3,(H,11,12)(H,13,15). The average molecular weight is 206 g/mol. The maximum atomic E-state index is 11.6. The second kappa shape index (κ2) is 3.76. The van der Waals surface area contributed by atoms with Crippen molar-refractivity contribution < 1.29 is 0 Å². The summed E-state index contributed by atoms with van der Waals surface area (Å²) in [4.78, 5) is 14.4. The molecule has 1 atom stereocenters. The molecule has 0 radical (unpaired) electrons.